The van der Waals surface area contributed by atoms with E-state index in [0.717, 1.165) is 25.6 Å². The van der Waals surface area contributed by atoms with Gasteiger partial charge in [-0.2, -0.15) is 4.31 Å². The molecule has 4 nitrogen and oxygen atoms in total. The minimum Gasteiger partial charge on any atom is -0.300 e. The maximum atomic E-state index is 11.7. The Hall–Kier alpha value is -0.390. The van der Waals surface area contributed by atoms with Gasteiger partial charge in [-0.25, -0.2) is 8.42 Å². The summed E-state index contributed by atoms with van der Waals surface area (Å²) in [7, 11) is -2.98. The van der Waals surface area contributed by atoms with Gasteiger partial charge >= 0.3 is 0 Å². The molecule has 1 aliphatic carbocycles. The topological polar surface area (TPSA) is 40.6 Å². The predicted octanol–water partition coefficient (Wildman–Crippen LogP) is 1.31. The molecule has 5 heteroatoms. The van der Waals surface area contributed by atoms with Gasteiger partial charge < -0.3 is 4.90 Å². The normalized spacial score (nSPS) is 27.5. The van der Waals surface area contributed by atoms with Crippen LogP contribution < -0.4 is 0 Å². The van der Waals surface area contributed by atoms with Gasteiger partial charge in [-0.15, -0.1) is 0 Å². The van der Waals surface area contributed by atoms with E-state index in [9.17, 15) is 8.42 Å². The minimum absolute atomic E-state index is 0.223. The Balaban J connectivity index is 1.78. The lowest BCUT2D eigenvalue weighted by atomic mass is 9.94. The molecule has 0 aromatic rings. The maximum Gasteiger partial charge on any atom is 0.213 e. The van der Waals surface area contributed by atoms with Crippen molar-refractivity contribution in [2.45, 2.75) is 26.2 Å². The van der Waals surface area contributed by atoms with Crippen molar-refractivity contribution >= 4 is 10.0 Å². The Labute approximate surface area is 111 Å². The number of hydrogen-bond acceptors (Lipinski definition) is 3. The number of nitrogens with zero attached hydrogens (tertiary/aromatic N) is 2. The first-order chi connectivity index (χ1) is 8.62. The van der Waals surface area contributed by atoms with Gasteiger partial charge in [-0.05, 0) is 32.1 Å². The van der Waals surface area contributed by atoms with Crippen LogP contribution in [0.25, 0.3) is 0 Å². The van der Waals surface area contributed by atoms with E-state index in [-0.39, 0.29) is 5.75 Å². The van der Waals surface area contributed by atoms with E-state index in [1.807, 2.05) is 0 Å². The number of sulfonamides is 1. The molecule has 1 heterocycles. The molecule has 0 amide bonds. The van der Waals surface area contributed by atoms with Gasteiger partial charge in [-0.1, -0.05) is 12.2 Å². The maximum absolute atomic E-state index is 11.7. The molecule has 2 rings (SSSR count). The van der Waals surface area contributed by atoms with Crippen LogP contribution in [0, 0.1) is 5.92 Å². The predicted molar refractivity (Wildman–Crippen MR) is 74.0 cm³/mol. The van der Waals surface area contributed by atoms with E-state index < -0.39 is 10.0 Å². The Morgan fingerprint density at radius 1 is 1.17 bits per heavy atom. The van der Waals surface area contributed by atoms with E-state index in [2.05, 4.69) is 17.1 Å². The van der Waals surface area contributed by atoms with Crippen LogP contribution in [0.5, 0.6) is 0 Å². The van der Waals surface area contributed by atoms with Crippen LogP contribution in [-0.4, -0.2) is 56.1 Å². The van der Waals surface area contributed by atoms with Gasteiger partial charge in [0.15, 0.2) is 0 Å². The number of piperazine rings is 1. The van der Waals surface area contributed by atoms with E-state index >= 15 is 0 Å². The molecule has 2 aliphatic rings. The zero-order chi connectivity index (χ0) is 13.0. The molecule has 0 N–H and O–H groups in total. The van der Waals surface area contributed by atoms with Crippen LogP contribution in [0.15, 0.2) is 12.2 Å². The molecule has 0 bridgehead atoms. The first-order valence-corrected chi connectivity index (χ1v) is 8.58. The summed E-state index contributed by atoms with van der Waals surface area (Å²) in [5.41, 5.74) is 0. The lowest BCUT2D eigenvalue weighted by Crippen LogP contribution is -2.50. The van der Waals surface area contributed by atoms with Crippen molar-refractivity contribution in [1.29, 1.82) is 0 Å². The molecule has 0 radical (unpaired) electrons. The van der Waals surface area contributed by atoms with E-state index in [4.69, 9.17) is 0 Å². The Bertz CT molecular complexity index is 384. The summed E-state index contributed by atoms with van der Waals surface area (Å²) in [5, 5.41) is 0. The molecule has 1 atom stereocenters. The van der Waals surface area contributed by atoms with Crippen molar-refractivity contribution in [1.82, 2.24) is 9.21 Å². The second kappa shape index (κ2) is 6.17. The SMILES string of the molecule is CCS(=O)(=O)N1CCN(C[C@H]2CC=CCC2)CC1. The fourth-order valence-electron chi connectivity index (χ4n) is 2.76. The third-order valence-electron chi connectivity index (χ3n) is 3.98. The molecule has 0 spiro atoms. The van der Waals surface area contributed by atoms with E-state index in [0.29, 0.717) is 13.1 Å². The highest BCUT2D eigenvalue weighted by Gasteiger charge is 2.26. The summed E-state index contributed by atoms with van der Waals surface area (Å²) in [4.78, 5) is 2.42. The molecule has 1 saturated heterocycles. The summed E-state index contributed by atoms with van der Waals surface area (Å²) in [6.45, 7) is 5.96. The Kier molecular flexibility index (Phi) is 4.81. The summed E-state index contributed by atoms with van der Waals surface area (Å²) in [6.07, 6.45) is 8.22. The van der Waals surface area contributed by atoms with Gasteiger partial charge in [0.2, 0.25) is 10.0 Å². The largest absolute Gasteiger partial charge is 0.300 e. The molecule has 18 heavy (non-hydrogen) atoms. The zero-order valence-corrected chi connectivity index (χ0v) is 12.0. The van der Waals surface area contributed by atoms with E-state index in [1.165, 1.54) is 19.3 Å². The fourth-order valence-corrected chi connectivity index (χ4v) is 3.84. The van der Waals surface area contributed by atoms with Crippen molar-refractivity contribution in [2.24, 2.45) is 5.92 Å². The van der Waals surface area contributed by atoms with Crippen molar-refractivity contribution in [3.8, 4) is 0 Å². The lowest BCUT2D eigenvalue weighted by Gasteiger charge is -2.36. The first-order valence-electron chi connectivity index (χ1n) is 6.97. The minimum atomic E-state index is -2.98. The van der Waals surface area contributed by atoms with E-state index in [1.54, 1.807) is 11.2 Å². The van der Waals surface area contributed by atoms with Gasteiger partial charge in [0.05, 0.1) is 5.75 Å². The van der Waals surface area contributed by atoms with Gasteiger partial charge in [-0.3, -0.25) is 0 Å². The van der Waals surface area contributed by atoms with Crippen LogP contribution in [0.2, 0.25) is 0 Å². The molecule has 0 saturated carbocycles. The second-order valence-corrected chi connectivity index (χ2v) is 7.51. The first kappa shape index (κ1) is 14.0. The average Bonchev–Trinajstić information content (AvgIpc) is 2.40. The Morgan fingerprint density at radius 2 is 1.89 bits per heavy atom. The lowest BCUT2D eigenvalue weighted by molar-refractivity contribution is 0.161. The highest BCUT2D eigenvalue weighted by molar-refractivity contribution is 7.89. The van der Waals surface area contributed by atoms with Crippen LogP contribution in [0.1, 0.15) is 26.2 Å². The van der Waals surface area contributed by atoms with Crippen LogP contribution in [-0.2, 0) is 10.0 Å². The molecule has 1 aliphatic heterocycles. The van der Waals surface area contributed by atoms with Crippen molar-refractivity contribution in [3.05, 3.63) is 12.2 Å². The number of allylic oxidation sites excluding steroid dienone is 2. The zero-order valence-electron chi connectivity index (χ0n) is 11.2. The smallest absolute Gasteiger partial charge is 0.213 e. The Morgan fingerprint density at radius 3 is 2.44 bits per heavy atom. The highest BCUT2D eigenvalue weighted by atomic mass is 32.2. The standard InChI is InChI=1S/C13H24N2O2S/c1-2-18(16,17)15-10-8-14(9-11-15)12-13-6-4-3-5-7-13/h3-4,13H,2,5-12H2,1H3/t13-/m0/s1. The molecule has 0 aromatic carbocycles. The summed E-state index contributed by atoms with van der Waals surface area (Å²) >= 11 is 0. The van der Waals surface area contributed by atoms with Crippen LogP contribution in [0.3, 0.4) is 0 Å². The monoisotopic (exact) mass is 272 g/mol. The van der Waals surface area contributed by atoms with Gasteiger partial charge in [0, 0.05) is 32.7 Å². The van der Waals surface area contributed by atoms with Crippen LogP contribution >= 0.6 is 0 Å². The quantitative estimate of drug-likeness (QED) is 0.725. The number of rotatable bonds is 4. The van der Waals surface area contributed by atoms with Gasteiger partial charge in [0.1, 0.15) is 0 Å². The molecule has 1 fully saturated rings. The third kappa shape index (κ3) is 3.56. The van der Waals surface area contributed by atoms with Crippen molar-refractivity contribution < 1.29 is 8.42 Å². The summed E-state index contributed by atoms with van der Waals surface area (Å²) < 4.78 is 25.1. The van der Waals surface area contributed by atoms with Gasteiger partial charge in [0.25, 0.3) is 0 Å². The number of hydrogen-bond donors (Lipinski definition) is 0. The second-order valence-electron chi connectivity index (χ2n) is 5.25. The highest BCUT2D eigenvalue weighted by Crippen LogP contribution is 2.20. The molecule has 104 valence electrons. The fraction of sp³-hybridized carbons (Fsp3) is 0.846. The summed E-state index contributed by atoms with van der Waals surface area (Å²) in [5.74, 6) is 0.991. The average molecular weight is 272 g/mol. The molecular weight excluding hydrogens is 248 g/mol. The molecular formula is C13H24N2O2S. The molecule has 0 aromatic heterocycles. The van der Waals surface area contributed by atoms with Crippen molar-refractivity contribution in [3.63, 3.8) is 0 Å². The molecule has 0 unspecified atom stereocenters. The van der Waals surface area contributed by atoms with Crippen LogP contribution in [0.4, 0.5) is 0 Å². The third-order valence-corrected chi connectivity index (χ3v) is 5.87. The summed E-state index contributed by atoms with van der Waals surface area (Å²) in [6, 6.07) is 0. The van der Waals surface area contributed by atoms with Crippen molar-refractivity contribution in [2.75, 3.05) is 38.5 Å².